The van der Waals surface area contributed by atoms with Crippen molar-refractivity contribution in [3.63, 3.8) is 0 Å². The first-order chi connectivity index (χ1) is 12.4. The first kappa shape index (κ1) is 26.7. The van der Waals surface area contributed by atoms with Gasteiger partial charge in [0.05, 0.1) is 18.6 Å². The van der Waals surface area contributed by atoms with Gasteiger partial charge in [0.15, 0.2) is 0 Å². The molecule has 0 rings (SSSR count). The molecule has 0 saturated carbocycles. The first-order valence-corrected chi connectivity index (χ1v) is 7.65. The number of carbonyl (C=O) groups excluding carboxylic acids is 1. The quantitative estimate of drug-likeness (QED) is 0.403. The molecule has 0 radical (unpaired) electrons. The molecular weight excluding hydrogens is 422 g/mol. The van der Waals surface area contributed by atoms with Crippen molar-refractivity contribution in [1.29, 1.82) is 0 Å². The fourth-order valence-corrected chi connectivity index (χ4v) is 1.92. The molecule has 0 aliphatic heterocycles. The van der Waals surface area contributed by atoms with E-state index in [-0.39, 0.29) is 6.42 Å². The van der Waals surface area contributed by atoms with Crippen LogP contribution in [0.15, 0.2) is 0 Å². The van der Waals surface area contributed by atoms with E-state index in [0.717, 1.165) is 0 Å². The Hall–Kier alpha value is -1.31. The summed E-state index contributed by atoms with van der Waals surface area (Å²) in [6.07, 6.45) is -9.30. The van der Waals surface area contributed by atoms with Crippen LogP contribution >= 0.6 is 0 Å². The molecule has 1 atom stereocenters. The molecule has 0 amide bonds. The van der Waals surface area contributed by atoms with Gasteiger partial charge in [-0.05, 0) is 12.8 Å². The molecule has 0 fully saturated rings. The molecule has 4 nitrogen and oxygen atoms in total. The summed E-state index contributed by atoms with van der Waals surface area (Å²) in [5.74, 6) is -24.4. The molecule has 2 N–H and O–H groups in total. The van der Waals surface area contributed by atoms with Crippen LogP contribution in [0.3, 0.4) is 0 Å². The molecule has 28 heavy (non-hydrogen) atoms. The summed E-state index contributed by atoms with van der Waals surface area (Å²) in [7, 11) is 0. The first-order valence-electron chi connectivity index (χ1n) is 7.65. The second kappa shape index (κ2) is 8.20. The Morgan fingerprint density at radius 3 is 1.46 bits per heavy atom. The Morgan fingerprint density at radius 1 is 0.750 bits per heavy atom. The minimum absolute atomic E-state index is 0.183. The number of esters is 1. The van der Waals surface area contributed by atoms with E-state index in [1.54, 1.807) is 0 Å². The van der Waals surface area contributed by atoms with Crippen molar-refractivity contribution >= 4 is 5.97 Å². The van der Waals surface area contributed by atoms with Crippen LogP contribution in [0.4, 0.5) is 43.9 Å². The summed E-state index contributed by atoms with van der Waals surface area (Å²) in [5, 5.41) is 18.2. The normalized spacial score (nSPS) is 16.6. The number of rotatable bonds is 10. The Kier molecular flexibility index (Phi) is 7.82. The number of aliphatic hydroxyl groups is 2. The van der Waals surface area contributed by atoms with E-state index >= 15 is 0 Å². The molecule has 0 aromatic rings. The largest absolute Gasteiger partial charge is 0.462 e. The highest BCUT2D eigenvalue weighted by Crippen LogP contribution is 2.57. The zero-order valence-corrected chi connectivity index (χ0v) is 14.5. The Labute approximate surface area is 152 Å². The maximum absolute atomic E-state index is 14.5. The molecule has 14 heteroatoms. The van der Waals surface area contributed by atoms with Crippen LogP contribution in [0, 0.1) is 5.41 Å². The third-order valence-electron chi connectivity index (χ3n) is 4.38. The average Bonchev–Trinajstić information content (AvgIpc) is 2.60. The second-order valence-corrected chi connectivity index (χ2v) is 6.12. The fourth-order valence-electron chi connectivity index (χ4n) is 1.92. The molecule has 0 aliphatic carbocycles. The van der Waals surface area contributed by atoms with E-state index < -0.39 is 67.2 Å². The molecule has 168 valence electrons. The van der Waals surface area contributed by atoms with Gasteiger partial charge in [0.1, 0.15) is 6.61 Å². The van der Waals surface area contributed by atoms with Gasteiger partial charge >= 0.3 is 29.9 Å². The van der Waals surface area contributed by atoms with Gasteiger partial charge in [-0.2, -0.15) is 39.5 Å². The Bertz CT molecular complexity index is 536. The van der Waals surface area contributed by atoms with Crippen molar-refractivity contribution in [2.75, 3.05) is 19.8 Å². The van der Waals surface area contributed by atoms with E-state index in [1.165, 1.54) is 6.92 Å². The highest BCUT2D eigenvalue weighted by Gasteiger charge is 2.87. The minimum Gasteiger partial charge on any atom is -0.462 e. The predicted molar refractivity (Wildman–Crippen MR) is 72.9 cm³/mol. The lowest BCUT2D eigenvalue weighted by molar-refractivity contribution is -0.409. The van der Waals surface area contributed by atoms with Gasteiger partial charge in [-0.1, -0.05) is 13.8 Å². The van der Waals surface area contributed by atoms with Crippen molar-refractivity contribution in [2.24, 2.45) is 5.41 Å². The van der Waals surface area contributed by atoms with Gasteiger partial charge in [-0.3, -0.25) is 0 Å². The number of halogens is 10. The zero-order valence-electron chi connectivity index (χ0n) is 14.5. The third-order valence-corrected chi connectivity index (χ3v) is 4.38. The molecule has 0 heterocycles. The van der Waals surface area contributed by atoms with Crippen LogP contribution in [-0.4, -0.2) is 65.6 Å². The summed E-state index contributed by atoms with van der Waals surface area (Å²) in [4.78, 5) is 11.7. The van der Waals surface area contributed by atoms with E-state index in [0.29, 0.717) is 6.92 Å². The zero-order chi connectivity index (χ0) is 22.8. The number of ether oxygens (including phenoxy) is 1. The maximum atomic E-state index is 14.5. The molecule has 0 aromatic heterocycles. The molecule has 0 saturated heterocycles. The monoisotopic (exact) mass is 440 g/mol. The van der Waals surface area contributed by atoms with Crippen LogP contribution in [0.2, 0.25) is 0 Å². The van der Waals surface area contributed by atoms with Crippen LogP contribution in [0.1, 0.15) is 26.7 Å². The second-order valence-electron chi connectivity index (χ2n) is 6.12. The summed E-state index contributed by atoms with van der Waals surface area (Å²) in [6.45, 7) is -1.44. The van der Waals surface area contributed by atoms with Crippen LogP contribution in [0.5, 0.6) is 0 Å². The smallest absolute Gasteiger partial charge is 0.460 e. The van der Waals surface area contributed by atoms with Gasteiger partial charge in [0.2, 0.25) is 0 Å². The van der Waals surface area contributed by atoms with Crippen molar-refractivity contribution in [1.82, 2.24) is 0 Å². The van der Waals surface area contributed by atoms with E-state index in [9.17, 15) is 48.7 Å². The number of carbonyl (C=O) groups is 1. The SMILES string of the molecule is CCC(CO)(CO)COC(=O)C(F)(CC)C(F)(F)C(F)(F)C(F)(F)C(F)(F)F. The van der Waals surface area contributed by atoms with E-state index in [4.69, 9.17) is 10.2 Å². The topological polar surface area (TPSA) is 66.8 Å². The highest BCUT2D eigenvalue weighted by atomic mass is 19.4. The molecule has 1 unspecified atom stereocenters. The summed E-state index contributed by atoms with van der Waals surface area (Å²) in [6, 6.07) is 0. The summed E-state index contributed by atoms with van der Waals surface area (Å²) >= 11 is 0. The molecule has 0 aliphatic rings. The van der Waals surface area contributed by atoms with Crippen molar-refractivity contribution in [3.05, 3.63) is 0 Å². The predicted octanol–water partition coefficient (Wildman–Crippen LogP) is 3.50. The third kappa shape index (κ3) is 4.02. The molecule has 0 spiro atoms. The number of hydrogen-bond donors (Lipinski definition) is 2. The van der Waals surface area contributed by atoms with Gasteiger partial charge in [-0.25, -0.2) is 9.18 Å². The number of alkyl halides is 10. The molecule has 0 bridgehead atoms. The van der Waals surface area contributed by atoms with Gasteiger partial charge in [0, 0.05) is 0 Å². The van der Waals surface area contributed by atoms with E-state index in [1.807, 2.05) is 0 Å². The lowest BCUT2D eigenvalue weighted by Crippen LogP contribution is -2.69. The Balaban J connectivity index is 6.02. The molecule has 0 aromatic carbocycles. The van der Waals surface area contributed by atoms with Gasteiger partial charge < -0.3 is 14.9 Å². The van der Waals surface area contributed by atoms with Crippen molar-refractivity contribution in [3.8, 4) is 0 Å². The molecular formula is C14H18F10O4. The van der Waals surface area contributed by atoms with E-state index in [2.05, 4.69) is 4.74 Å². The van der Waals surface area contributed by atoms with Crippen LogP contribution in [-0.2, 0) is 9.53 Å². The number of aliphatic hydroxyl groups excluding tert-OH is 2. The highest BCUT2D eigenvalue weighted by molar-refractivity contribution is 5.81. The van der Waals surface area contributed by atoms with Gasteiger partial charge in [-0.15, -0.1) is 0 Å². The minimum atomic E-state index is -7.38. The van der Waals surface area contributed by atoms with Crippen molar-refractivity contribution in [2.45, 2.75) is 56.3 Å². The Morgan fingerprint density at radius 2 is 1.18 bits per heavy atom. The van der Waals surface area contributed by atoms with Crippen LogP contribution in [0.25, 0.3) is 0 Å². The number of hydrogen-bond acceptors (Lipinski definition) is 4. The average molecular weight is 440 g/mol. The van der Waals surface area contributed by atoms with Crippen LogP contribution < -0.4 is 0 Å². The summed E-state index contributed by atoms with van der Waals surface area (Å²) < 4.78 is 135. The lowest BCUT2D eigenvalue weighted by atomic mass is 9.86. The lowest BCUT2D eigenvalue weighted by Gasteiger charge is -2.39. The van der Waals surface area contributed by atoms with Crippen molar-refractivity contribution < 1.29 is 63.6 Å². The summed E-state index contributed by atoms with van der Waals surface area (Å²) in [5.41, 5.74) is -6.98. The fraction of sp³-hybridized carbons (Fsp3) is 0.929. The van der Waals surface area contributed by atoms with Gasteiger partial charge in [0.25, 0.3) is 5.67 Å². The maximum Gasteiger partial charge on any atom is 0.460 e. The standard InChI is InChI=1S/C14H18F10O4/c1-3-9(5-25,6-26)7-28-8(27)10(15,4-2)11(16,17)12(18,19)13(20,21)14(22,23)24/h25-26H,3-7H2,1-2H3.